The average molecular weight is 499 g/mol. The standard InChI is InChI=1S/C21H27ClN4O6S/c1-21(2,3)8-7-13(25-30)17(27)16(26-31)18(32-4)20(29)24-14-10-33-15-9-11(22)5-6-12(15)23-19(14)28/h5-9,13-14,16-18,27H,10H2,1-4H3,(H,23,28)(H,24,29)/b8-7+/t13-,14?,16-,17+,18?/m1/s1. The number of rotatable bonds is 9. The number of nitroso groups, excluding NO2 is 2. The number of methoxy groups -OCH3 is 1. The lowest BCUT2D eigenvalue weighted by Gasteiger charge is -2.26. The molecule has 1 aliphatic heterocycles. The third-order valence-corrected chi connectivity index (χ3v) is 6.18. The monoisotopic (exact) mass is 498 g/mol. The molecule has 2 amide bonds. The summed E-state index contributed by atoms with van der Waals surface area (Å²) in [6.45, 7) is 5.63. The van der Waals surface area contributed by atoms with Crippen molar-refractivity contribution >= 4 is 40.9 Å². The fourth-order valence-electron chi connectivity index (χ4n) is 3.05. The first-order valence-corrected chi connectivity index (χ1v) is 11.5. The largest absolute Gasteiger partial charge is 0.388 e. The molecule has 1 heterocycles. The van der Waals surface area contributed by atoms with Crippen molar-refractivity contribution in [3.05, 3.63) is 45.2 Å². The molecule has 12 heteroatoms. The second-order valence-electron chi connectivity index (χ2n) is 8.57. The molecule has 180 valence electrons. The van der Waals surface area contributed by atoms with Crippen LogP contribution in [0.1, 0.15) is 20.8 Å². The number of aliphatic hydroxyl groups is 1. The first kappa shape index (κ1) is 26.9. The first-order chi connectivity index (χ1) is 15.5. The van der Waals surface area contributed by atoms with Crippen LogP contribution in [-0.2, 0) is 14.3 Å². The van der Waals surface area contributed by atoms with Gasteiger partial charge in [0.1, 0.15) is 18.2 Å². The molecule has 0 fully saturated rings. The van der Waals surface area contributed by atoms with Crippen LogP contribution >= 0.6 is 23.4 Å². The highest BCUT2D eigenvalue weighted by atomic mass is 35.5. The number of nitrogens with zero attached hydrogens (tertiary/aromatic N) is 2. The maximum atomic E-state index is 12.9. The maximum absolute atomic E-state index is 12.9. The van der Waals surface area contributed by atoms with E-state index in [0.717, 1.165) is 12.0 Å². The van der Waals surface area contributed by atoms with Crippen molar-refractivity contribution in [1.29, 1.82) is 0 Å². The third-order valence-electron chi connectivity index (χ3n) is 4.80. The van der Waals surface area contributed by atoms with E-state index in [2.05, 4.69) is 21.0 Å². The predicted octanol–water partition coefficient (Wildman–Crippen LogP) is 3.12. The van der Waals surface area contributed by atoms with Crippen molar-refractivity contribution in [3.8, 4) is 0 Å². The van der Waals surface area contributed by atoms with Crippen molar-refractivity contribution in [3.63, 3.8) is 0 Å². The highest BCUT2D eigenvalue weighted by Gasteiger charge is 2.40. The van der Waals surface area contributed by atoms with Gasteiger partial charge in [0.25, 0.3) is 5.91 Å². The SMILES string of the molecule is COC(C(=O)NC1CSc2cc(Cl)ccc2NC1=O)[C@H](N=O)[C@@H](O)[C@@H](/C=C/C(C)(C)C)N=O. The Morgan fingerprint density at radius 3 is 2.64 bits per heavy atom. The maximum Gasteiger partial charge on any atom is 0.252 e. The van der Waals surface area contributed by atoms with E-state index in [1.54, 1.807) is 24.3 Å². The van der Waals surface area contributed by atoms with Crippen molar-refractivity contribution in [1.82, 2.24) is 5.32 Å². The Kier molecular flexibility index (Phi) is 9.53. The molecule has 0 bridgehead atoms. The van der Waals surface area contributed by atoms with Crippen molar-refractivity contribution < 1.29 is 19.4 Å². The summed E-state index contributed by atoms with van der Waals surface area (Å²) in [5.74, 6) is -1.12. The summed E-state index contributed by atoms with van der Waals surface area (Å²) in [6, 6.07) is 1.06. The molecule has 33 heavy (non-hydrogen) atoms. The lowest BCUT2D eigenvalue weighted by Crippen LogP contribution is -2.54. The van der Waals surface area contributed by atoms with Gasteiger partial charge in [0.05, 0.1) is 5.69 Å². The van der Waals surface area contributed by atoms with Crippen LogP contribution in [0, 0.1) is 15.2 Å². The van der Waals surface area contributed by atoms with E-state index in [1.807, 2.05) is 20.8 Å². The van der Waals surface area contributed by atoms with Crippen molar-refractivity contribution in [2.45, 2.75) is 56.0 Å². The number of hydrogen-bond acceptors (Lipinski definition) is 9. The number of nitrogens with one attached hydrogen (secondary N) is 2. The molecule has 1 aromatic carbocycles. The van der Waals surface area contributed by atoms with Gasteiger partial charge in [-0.05, 0) is 23.6 Å². The van der Waals surface area contributed by atoms with Gasteiger partial charge in [0.15, 0.2) is 12.1 Å². The van der Waals surface area contributed by atoms with Crippen LogP contribution in [0.25, 0.3) is 0 Å². The minimum absolute atomic E-state index is 0.190. The number of hydrogen-bond donors (Lipinski definition) is 3. The Morgan fingerprint density at radius 2 is 2.06 bits per heavy atom. The topological polar surface area (TPSA) is 147 Å². The molecular formula is C21H27ClN4O6S. The van der Waals surface area contributed by atoms with Crippen LogP contribution in [0.2, 0.25) is 5.02 Å². The number of thioether (sulfide) groups is 1. The number of halogens is 1. The number of carbonyl (C=O) groups is 2. The molecular weight excluding hydrogens is 472 g/mol. The van der Waals surface area contributed by atoms with Crippen LogP contribution in [0.15, 0.2) is 45.6 Å². The van der Waals surface area contributed by atoms with Crippen molar-refractivity contribution in [2.24, 2.45) is 15.8 Å². The van der Waals surface area contributed by atoms with Gasteiger partial charge >= 0.3 is 0 Å². The van der Waals surface area contributed by atoms with Gasteiger partial charge in [-0.3, -0.25) is 9.59 Å². The molecule has 0 saturated carbocycles. The van der Waals surface area contributed by atoms with Gasteiger partial charge in [-0.25, -0.2) is 0 Å². The Hall–Kier alpha value is -2.34. The molecule has 0 spiro atoms. The molecule has 1 aromatic rings. The number of fused-ring (bicyclic) bond motifs is 1. The Labute approximate surface area is 200 Å². The van der Waals surface area contributed by atoms with Gasteiger partial charge in [-0.2, -0.15) is 9.81 Å². The normalized spacial score (nSPS) is 20.1. The summed E-state index contributed by atoms with van der Waals surface area (Å²) in [5.41, 5.74) is 0.250. The van der Waals surface area contributed by atoms with Crippen LogP contribution < -0.4 is 10.6 Å². The van der Waals surface area contributed by atoms with Gasteiger partial charge in [-0.1, -0.05) is 54.9 Å². The van der Waals surface area contributed by atoms with Crippen LogP contribution in [0.5, 0.6) is 0 Å². The zero-order chi connectivity index (χ0) is 24.8. The molecule has 3 N–H and O–H groups in total. The van der Waals surface area contributed by atoms with Crippen LogP contribution in [0.4, 0.5) is 5.69 Å². The zero-order valence-corrected chi connectivity index (χ0v) is 20.2. The molecule has 2 rings (SSSR count). The smallest absolute Gasteiger partial charge is 0.252 e. The van der Waals surface area contributed by atoms with Crippen molar-refractivity contribution in [2.75, 3.05) is 18.2 Å². The molecule has 1 aliphatic rings. The van der Waals surface area contributed by atoms with E-state index < -0.39 is 42.1 Å². The fraction of sp³-hybridized carbons (Fsp3) is 0.524. The summed E-state index contributed by atoms with van der Waals surface area (Å²) in [6.07, 6.45) is -0.248. The number of benzene rings is 1. The Bertz CT molecular complexity index is 923. The fourth-order valence-corrected chi connectivity index (χ4v) is 4.35. The minimum atomic E-state index is -1.71. The lowest BCUT2D eigenvalue weighted by molar-refractivity contribution is -0.136. The number of carbonyl (C=O) groups excluding carboxylic acids is 2. The second kappa shape index (κ2) is 11.7. The highest BCUT2D eigenvalue weighted by Crippen LogP contribution is 2.33. The number of aliphatic hydroxyl groups excluding tert-OH is 1. The van der Waals surface area contributed by atoms with Crippen LogP contribution in [-0.4, -0.2) is 60.1 Å². The molecule has 2 unspecified atom stereocenters. The molecule has 0 aliphatic carbocycles. The molecule has 0 saturated heterocycles. The molecule has 5 atom stereocenters. The third kappa shape index (κ3) is 7.32. The zero-order valence-electron chi connectivity index (χ0n) is 18.6. The lowest BCUT2D eigenvalue weighted by atomic mass is 9.92. The predicted molar refractivity (Wildman–Crippen MR) is 127 cm³/mol. The average Bonchev–Trinajstić information content (AvgIpc) is 2.89. The minimum Gasteiger partial charge on any atom is -0.388 e. The van der Waals surface area contributed by atoms with E-state index in [1.165, 1.54) is 17.8 Å². The van der Waals surface area contributed by atoms with Gasteiger partial charge in [0, 0.05) is 22.8 Å². The van der Waals surface area contributed by atoms with Gasteiger partial charge < -0.3 is 20.5 Å². The number of anilines is 1. The summed E-state index contributed by atoms with van der Waals surface area (Å²) < 4.78 is 5.12. The summed E-state index contributed by atoms with van der Waals surface area (Å²) in [5, 5.41) is 22.0. The molecule has 0 aromatic heterocycles. The highest BCUT2D eigenvalue weighted by molar-refractivity contribution is 7.99. The molecule has 0 radical (unpaired) electrons. The van der Waals surface area contributed by atoms with Gasteiger partial charge in [0.2, 0.25) is 5.91 Å². The summed E-state index contributed by atoms with van der Waals surface area (Å²) in [7, 11) is 1.16. The Morgan fingerprint density at radius 1 is 1.36 bits per heavy atom. The van der Waals surface area contributed by atoms with E-state index in [0.29, 0.717) is 10.7 Å². The van der Waals surface area contributed by atoms with E-state index >= 15 is 0 Å². The molecule has 10 nitrogen and oxygen atoms in total. The van der Waals surface area contributed by atoms with E-state index in [9.17, 15) is 24.5 Å². The number of amides is 2. The first-order valence-electron chi connectivity index (χ1n) is 10.1. The van der Waals surface area contributed by atoms with Gasteiger partial charge in [-0.15, -0.1) is 11.8 Å². The summed E-state index contributed by atoms with van der Waals surface area (Å²) >= 11 is 7.31. The number of allylic oxidation sites excluding steroid dienone is 1. The van der Waals surface area contributed by atoms with E-state index in [-0.39, 0.29) is 11.2 Å². The van der Waals surface area contributed by atoms with Crippen LogP contribution in [0.3, 0.4) is 0 Å². The summed E-state index contributed by atoms with van der Waals surface area (Å²) in [4.78, 5) is 49.0. The number of ether oxygens (including phenoxy) is 1. The quantitative estimate of drug-likeness (QED) is 0.350. The Balaban J connectivity index is 2.15. The second-order valence-corrected chi connectivity index (χ2v) is 10.1. The van der Waals surface area contributed by atoms with E-state index in [4.69, 9.17) is 16.3 Å².